The largest absolute Gasteiger partial charge is 0.487 e. The van der Waals surface area contributed by atoms with Gasteiger partial charge in [-0.05, 0) is 30.2 Å². The molecular weight excluding hydrogens is 366 g/mol. The molecule has 1 saturated heterocycles. The molecule has 2 aliphatic heterocycles. The Balaban J connectivity index is 1.50. The van der Waals surface area contributed by atoms with Crippen molar-refractivity contribution in [3.63, 3.8) is 0 Å². The minimum absolute atomic E-state index is 0.0171. The molecule has 6 nitrogen and oxygen atoms in total. The first-order valence-electron chi connectivity index (χ1n) is 10.1. The van der Waals surface area contributed by atoms with Crippen LogP contribution >= 0.6 is 0 Å². The molecule has 1 atom stereocenters. The molecule has 29 heavy (non-hydrogen) atoms. The highest BCUT2D eigenvalue weighted by molar-refractivity contribution is 5.93. The predicted molar refractivity (Wildman–Crippen MR) is 110 cm³/mol. The minimum Gasteiger partial charge on any atom is -0.487 e. The van der Waals surface area contributed by atoms with Gasteiger partial charge in [-0.3, -0.25) is 14.6 Å². The van der Waals surface area contributed by atoms with Crippen LogP contribution in [0.5, 0.6) is 5.75 Å². The van der Waals surface area contributed by atoms with E-state index in [1.165, 1.54) is 0 Å². The third-order valence-corrected chi connectivity index (χ3v) is 6.09. The molecule has 1 aromatic carbocycles. The number of benzene rings is 1. The van der Waals surface area contributed by atoms with Gasteiger partial charge in [0.2, 0.25) is 5.91 Å². The van der Waals surface area contributed by atoms with Crippen molar-refractivity contribution in [2.75, 3.05) is 27.2 Å². The number of carbonyl (C=O) groups is 2. The van der Waals surface area contributed by atoms with E-state index >= 15 is 0 Å². The number of nitrogens with zero attached hydrogens (tertiary/aromatic N) is 3. The molecule has 2 aromatic rings. The molecule has 0 radical (unpaired) electrons. The summed E-state index contributed by atoms with van der Waals surface area (Å²) in [5, 5.41) is 0. The summed E-state index contributed by atoms with van der Waals surface area (Å²) >= 11 is 0. The summed E-state index contributed by atoms with van der Waals surface area (Å²) in [5.74, 6) is 1.16. The summed E-state index contributed by atoms with van der Waals surface area (Å²) in [6.45, 7) is 1.29. The molecule has 0 bridgehead atoms. The molecule has 3 heterocycles. The summed E-state index contributed by atoms with van der Waals surface area (Å²) in [5.41, 5.74) is 1.41. The zero-order valence-electron chi connectivity index (χ0n) is 17.0. The number of pyridine rings is 1. The maximum atomic E-state index is 12.7. The van der Waals surface area contributed by atoms with Crippen LogP contribution in [0.1, 0.15) is 47.5 Å². The van der Waals surface area contributed by atoms with Crippen molar-refractivity contribution in [3.05, 3.63) is 59.9 Å². The van der Waals surface area contributed by atoms with E-state index in [9.17, 15) is 9.59 Å². The Morgan fingerprint density at radius 2 is 1.93 bits per heavy atom. The molecule has 1 aromatic heterocycles. The summed E-state index contributed by atoms with van der Waals surface area (Å²) in [4.78, 5) is 32.8. The van der Waals surface area contributed by atoms with E-state index < -0.39 is 0 Å². The highest BCUT2D eigenvalue weighted by Crippen LogP contribution is 2.46. The second kappa shape index (κ2) is 7.85. The number of carbonyl (C=O) groups excluding carboxylic acids is 2. The third-order valence-electron chi connectivity index (χ3n) is 6.09. The van der Waals surface area contributed by atoms with Crippen molar-refractivity contribution in [2.45, 2.75) is 37.2 Å². The van der Waals surface area contributed by atoms with E-state index in [-0.39, 0.29) is 23.3 Å². The van der Waals surface area contributed by atoms with Crippen LogP contribution in [0.25, 0.3) is 0 Å². The van der Waals surface area contributed by atoms with Gasteiger partial charge in [0, 0.05) is 64.8 Å². The Morgan fingerprint density at radius 1 is 1.17 bits per heavy atom. The van der Waals surface area contributed by atoms with E-state index in [0.717, 1.165) is 30.6 Å². The number of hydrogen-bond acceptors (Lipinski definition) is 4. The van der Waals surface area contributed by atoms with Crippen LogP contribution in [0.4, 0.5) is 0 Å². The average molecular weight is 393 g/mol. The molecule has 2 aliphatic rings. The Kier molecular flexibility index (Phi) is 5.26. The van der Waals surface area contributed by atoms with Gasteiger partial charge < -0.3 is 14.5 Å². The van der Waals surface area contributed by atoms with E-state index in [4.69, 9.17) is 4.74 Å². The van der Waals surface area contributed by atoms with Gasteiger partial charge in [-0.2, -0.15) is 0 Å². The van der Waals surface area contributed by atoms with Crippen LogP contribution in [0.2, 0.25) is 0 Å². The van der Waals surface area contributed by atoms with Crippen molar-refractivity contribution >= 4 is 11.8 Å². The number of ether oxygens (including phenoxy) is 1. The van der Waals surface area contributed by atoms with Crippen LogP contribution in [0.3, 0.4) is 0 Å². The van der Waals surface area contributed by atoms with Crippen molar-refractivity contribution in [2.24, 2.45) is 0 Å². The first kappa shape index (κ1) is 19.4. The standard InChI is InChI=1S/C23H27N3O3/c1-25(2)21(27)14-18-15-23(29-20-8-4-3-7-19(18)20)9-12-26(13-10-23)22(28)17-6-5-11-24-16-17/h3-8,11,16,18H,9-10,12-15H2,1-2H3/t18-/m1/s1. The summed E-state index contributed by atoms with van der Waals surface area (Å²) in [6.07, 6.45) is 6.10. The van der Waals surface area contributed by atoms with Gasteiger partial charge in [0.15, 0.2) is 0 Å². The van der Waals surface area contributed by atoms with Crippen molar-refractivity contribution in [1.29, 1.82) is 0 Å². The lowest BCUT2D eigenvalue weighted by atomic mass is 9.76. The third kappa shape index (κ3) is 3.97. The SMILES string of the molecule is CN(C)C(=O)C[C@@H]1CC2(CCN(C(=O)c3cccnc3)CC2)Oc2ccccc21. The average Bonchev–Trinajstić information content (AvgIpc) is 2.74. The predicted octanol–water partition coefficient (Wildman–Crippen LogP) is 3.10. The molecule has 0 N–H and O–H groups in total. The number of rotatable bonds is 3. The topological polar surface area (TPSA) is 62.7 Å². The lowest BCUT2D eigenvalue weighted by Gasteiger charge is -2.47. The molecular formula is C23H27N3O3. The van der Waals surface area contributed by atoms with Crippen molar-refractivity contribution < 1.29 is 14.3 Å². The van der Waals surface area contributed by atoms with Gasteiger partial charge in [-0.15, -0.1) is 0 Å². The minimum atomic E-state index is -0.322. The monoisotopic (exact) mass is 393 g/mol. The first-order chi connectivity index (χ1) is 14.0. The van der Waals surface area contributed by atoms with Crippen LogP contribution < -0.4 is 4.74 Å². The number of fused-ring (bicyclic) bond motifs is 1. The highest BCUT2D eigenvalue weighted by Gasteiger charge is 2.44. The number of piperidine rings is 1. The smallest absolute Gasteiger partial charge is 0.255 e. The van der Waals surface area contributed by atoms with E-state index in [0.29, 0.717) is 25.1 Å². The number of likely N-dealkylation sites (tertiary alicyclic amines) is 1. The van der Waals surface area contributed by atoms with Crippen molar-refractivity contribution in [1.82, 2.24) is 14.8 Å². The normalized spacial score (nSPS) is 19.9. The van der Waals surface area contributed by atoms with Gasteiger partial charge >= 0.3 is 0 Å². The molecule has 0 unspecified atom stereocenters. The second-order valence-electron chi connectivity index (χ2n) is 8.25. The molecule has 152 valence electrons. The maximum absolute atomic E-state index is 12.7. The quantitative estimate of drug-likeness (QED) is 0.804. The van der Waals surface area contributed by atoms with Gasteiger partial charge in [-0.25, -0.2) is 0 Å². The number of hydrogen-bond donors (Lipinski definition) is 0. The van der Waals surface area contributed by atoms with Crippen LogP contribution in [-0.2, 0) is 4.79 Å². The van der Waals surface area contributed by atoms with Gasteiger partial charge in [0.05, 0.1) is 5.56 Å². The number of aromatic nitrogens is 1. The van der Waals surface area contributed by atoms with E-state index in [1.54, 1.807) is 43.5 Å². The first-order valence-corrected chi connectivity index (χ1v) is 10.1. The Bertz CT molecular complexity index is 889. The molecule has 0 aliphatic carbocycles. The second-order valence-corrected chi connectivity index (χ2v) is 8.25. The molecule has 0 saturated carbocycles. The lowest BCUT2D eigenvalue weighted by Crippen LogP contribution is -2.52. The maximum Gasteiger partial charge on any atom is 0.255 e. The molecule has 4 rings (SSSR count). The van der Waals surface area contributed by atoms with Gasteiger partial charge in [0.25, 0.3) is 5.91 Å². The fraction of sp³-hybridized carbons (Fsp3) is 0.435. The van der Waals surface area contributed by atoms with Crippen LogP contribution in [0.15, 0.2) is 48.8 Å². The highest BCUT2D eigenvalue weighted by atomic mass is 16.5. The summed E-state index contributed by atoms with van der Waals surface area (Å²) < 4.78 is 6.49. The van der Waals surface area contributed by atoms with Crippen LogP contribution in [0, 0.1) is 0 Å². The summed E-state index contributed by atoms with van der Waals surface area (Å²) in [7, 11) is 3.59. The molecule has 2 amide bonds. The lowest BCUT2D eigenvalue weighted by molar-refractivity contribution is -0.129. The summed E-state index contributed by atoms with van der Waals surface area (Å²) in [6, 6.07) is 11.6. The molecule has 1 fully saturated rings. The van der Waals surface area contributed by atoms with E-state index in [2.05, 4.69) is 11.1 Å². The Morgan fingerprint density at radius 3 is 2.62 bits per heavy atom. The fourth-order valence-corrected chi connectivity index (χ4v) is 4.42. The zero-order valence-corrected chi connectivity index (χ0v) is 17.0. The zero-order chi connectivity index (χ0) is 20.4. The van der Waals surface area contributed by atoms with Gasteiger partial charge in [0.1, 0.15) is 11.4 Å². The number of para-hydroxylation sites is 1. The van der Waals surface area contributed by atoms with Crippen LogP contribution in [-0.4, -0.2) is 59.4 Å². The van der Waals surface area contributed by atoms with Crippen molar-refractivity contribution in [3.8, 4) is 5.75 Å². The molecule has 6 heteroatoms. The Labute approximate surface area is 171 Å². The van der Waals surface area contributed by atoms with Gasteiger partial charge in [-0.1, -0.05) is 18.2 Å². The Hall–Kier alpha value is -2.89. The molecule has 1 spiro atoms. The number of amides is 2. The fourth-order valence-electron chi connectivity index (χ4n) is 4.42. The van der Waals surface area contributed by atoms with E-state index in [1.807, 2.05) is 23.1 Å².